The highest BCUT2D eigenvalue weighted by Crippen LogP contribution is 2.16. The number of aliphatic hydroxyl groups is 4. The number of rotatable bonds is 31. The Labute approximate surface area is 248 Å². The molecular weight excluding hydrogens is 502 g/mol. The van der Waals surface area contributed by atoms with E-state index in [0.717, 1.165) is 38.5 Å². The minimum Gasteiger partial charge on any atom is -0.394 e. The molecule has 240 valence electrons. The molecule has 0 aromatic rings. The fourth-order valence-corrected chi connectivity index (χ4v) is 5.46. The number of hydrogen-bond acceptors (Lipinski definition) is 5. The summed E-state index contributed by atoms with van der Waals surface area (Å²) in [6.45, 7) is 4.01. The molecule has 0 heterocycles. The molecule has 0 saturated heterocycles. The fraction of sp³-hybridized carbons (Fsp3) is 0.971. The molecule has 0 radical (unpaired) electrons. The van der Waals surface area contributed by atoms with E-state index in [1.807, 2.05) is 0 Å². The van der Waals surface area contributed by atoms with E-state index in [1.165, 1.54) is 116 Å². The molecule has 0 aromatic carbocycles. The number of aliphatic hydroxyl groups excluding tert-OH is 4. The molecule has 1 unspecified atom stereocenters. The van der Waals surface area contributed by atoms with Crippen molar-refractivity contribution in [2.24, 2.45) is 0 Å². The highest BCUT2D eigenvalue weighted by Gasteiger charge is 2.28. The summed E-state index contributed by atoms with van der Waals surface area (Å²) in [6.07, 6.45) is 26.9. The quantitative estimate of drug-likeness (QED) is 0.0547. The molecule has 0 saturated carbocycles. The van der Waals surface area contributed by atoms with E-state index in [-0.39, 0.29) is 0 Å². The summed E-state index contributed by atoms with van der Waals surface area (Å²) in [5, 5.41) is 43.3. The Morgan fingerprint density at radius 1 is 0.525 bits per heavy atom. The maximum atomic E-state index is 12.4. The molecule has 1 amide bonds. The molecule has 0 fully saturated rings. The van der Waals surface area contributed by atoms with Gasteiger partial charge in [0, 0.05) is 0 Å². The van der Waals surface area contributed by atoms with E-state index < -0.39 is 36.9 Å². The minimum atomic E-state index is -1.25. The van der Waals surface area contributed by atoms with Crippen molar-refractivity contribution in [3.8, 4) is 0 Å². The van der Waals surface area contributed by atoms with Gasteiger partial charge in [0.2, 0.25) is 5.91 Å². The van der Waals surface area contributed by atoms with E-state index >= 15 is 0 Å². The molecular formula is C34H69NO5. The van der Waals surface area contributed by atoms with Crippen LogP contribution in [0.3, 0.4) is 0 Å². The Morgan fingerprint density at radius 2 is 0.850 bits per heavy atom. The molecule has 4 atom stereocenters. The van der Waals surface area contributed by atoms with E-state index in [1.54, 1.807) is 0 Å². The summed E-state index contributed by atoms with van der Waals surface area (Å²) in [6, 6.07) is -0.975. The van der Waals surface area contributed by atoms with Crippen molar-refractivity contribution < 1.29 is 25.2 Å². The predicted molar refractivity (Wildman–Crippen MR) is 168 cm³/mol. The molecule has 0 rings (SSSR count). The SMILES string of the molecule is CCCCCCCCCCCCCCCC[C@@H](O)[C@@H](O)[C@H](CO)NC(=O)C(O)CCCCCCCCCCCC. The third-order valence-corrected chi connectivity index (χ3v) is 8.32. The average Bonchev–Trinajstić information content (AvgIpc) is 2.96. The van der Waals surface area contributed by atoms with Crippen LogP contribution in [0.4, 0.5) is 0 Å². The van der Waals surface area contributed by atoms with Crippen molar-refractivity contribution in [2.75, 3.05) is 6.61 Å². The Kier molecular flexibility index (Phi) is 29.3. The zero-order valence-electron chi connectivity index (χ0n) is 26.6. The lowest BCUT2D eigenvalue weighted by atomic mass is 9.99. The lowest BCUT2D eigenvalue weighted by Gasteiger charge is -2.27. The minimum absolute atomic E-state index is 0.373. The molecule has 0 aromatic heterocycles. The monoisotopic (exact) mass is 572 g/mol. The van der Waals surface area contributed by atoms with Gasteiger partial charge in [0.15, 0.2) is 0 Å². The van der Waals surface area contributed by atoms with Crippen LogP contribution in [0.1, 0.15) is 181 Å². The first-order valence-corrected chi connectivity index (χ1v) is 17.4. The van der Waals surface area contributed by atoms with Gasteiger partial charge in [-0.3, -0.25) is 4.79 Å². The number of amides is 1. The van der Waals surface area contributed by atoms with Gasteiger partial charge in [-0.05, 0) is 12.8 Å². The third-order valence-electron chi connectivity index (χ3n) is 8.32. The molecule has 40 heavy (non-hydrogen) atoms. The van der Waals surface area contributed by atoms with E-state index in [2.05, 4.69) is 19.2 Å². The van der Waals surface area contributed by atoms with Gasteiger partial charge in [0.1, 0.15) is 12.2 Å². The van der Waals surface area contributed by atoms with Crippen molar-refractivity contribution in [3.05, 3.63) is 0 Å². The number of hydrogen-bond donors (Lipinski definition) is 5. The predicted octanol–water partition coefficient (Wildman–Crippen LogP) is 7.73. The Bertz CT molecular complexity index is 532. The standard InChI is InChI=1S/C34H69NO5/c1-3-5-7-9-11-13-15-16-17-18-20-21-23-25-27-31(37)33(39)30(29-36)35-34(40)32(38)28-26-24-22-19-14-12-10-8-6-4-2/h30-33,36-39H,3-29H2,1-2H3,(H,35,40)/t30-,31+,32?,33-/m0/s1. The summed E-state index contributed by atoms with van der Waals surface area (Å²) in [5.74, 6) is -0.585. The first-order valence-electron chi connectivity index (χ1n) is 17.4. The van der Waals surface area contributed by atoms with Crippen molar-refractivity contribution in [3.63, 3.8) is 0 Å². The second-order valence-electron chi connectivity index (χ2n) is 12.2. The highest BCUT2D eigenvalue weighted by molar-refractivity contribution is 5.80. The molecule has 6 nitrogen and oxygen atoms in total. The first kappa shape index (κ1) is 39.3. The second-order valence-corrected chi connectivity index (χ2v) is 12.2. The fourth-order valence-electron chi connectivity index (χ4n) is 5.46. The lowest BCUT2D eigenvalue weighted by molar-refractivity contribution is -0.132. The van der Waals surface area contributed by atoms with Gasteiger partial charge in [0.25, 0.3) is 0 Å². The van der Waals surface area contributed by atoms with Gasteiger partial charge in [0.05, 0.1) is 18.8 Å². The zero-order chi connectivity index (χ0) is 29.7. The Morgan fingerprint density at radius 3 is 1.20 bits per heavy atom. The van der Waals surface area contributed by atoms with Crippen LogP contribution in [0.2, 0.25) is 0 Å². The molecule has 0 aliphatic carbocycles. The number of nitrogens with one attached hydrogen (secondary N) is 1. The van der Waals surface area contributed by atoms with Gasteiger partial charge < -0.3 is 25.7 Å². The van der Waals surface area contributed by atoms with E-state index in [4.69, 9.17) is 0 Å². The third kappa shape index (κ3) is 24.0. The van der Waals surface area contributed by atoms with Crippen LogP contribution < -0.4 is 5.32 Å². The molecule has 0 spiro atoms. The average molecular weight is 572 g/mol. The van der Waals surface area contributed by atoms with Crippen LogP contribution in [-0.4, -0.2) is 57.3 Å². The Hall–Kier alpha value is -0.690. The Balaban J connectivity index is 3.82. The normalized spacial score (nSPS) is 14.7. The van der Waals surface area contributed by atoms with Gasteiger partial charge in [-0.1, -0.05) is 168 Å². The summed E-state index contributed by atoms with van der Waals surface area (Å²) in [4.78, 5) is 12.4. The summed E-state index contributed by atoms with van der Waals surface area (Å²) in [5.41, 5.74) is 0. The second kappa shape index (κ2) is 29.8. The number of unbranched alkanes of at least 4 members (excludes halogenated alkanes) is 22. The van der Waals surface area contributed by atoms with Gasteiger partial charge >= 0.3 is 0 Å². The molecule has 5 N–H and O–H groups in total. The highest BCUT2D eigenvalue weighted by atomic mass is 16.3. The zero-order valence-corrected chi connectivity index (χ0v) is 26.6. The van der Waals surface area contributed by atoms with Crippen molar-refractivity contribution in [1.29, 1.82) is 0 Å². The van der Waals surface area contributed by atoms with E-state index in [0.29, 0.717) is 12.8 Å². The first-order chi connectivity index (χ1) is 19.5. The number of carbonyl (C=O) groups excluding carboxylic acids is 1. The van der Waals surface area contributed by atoms with Crippen LogP contribution in [0.5, 0.6) is 0 Å². The summed E-state index contributed by atoms with van der Waals surface area (Å²) in [7, 11) is 0. The van der Waals surface area contributed by atoms with Gasteiger partial charge in [-0.25, -0.2) is 0 Å². The summed E-state index contributed by atoms with van der Waals surface area (Å²) >= 11 is 0. The van der Waals surface area contributed by atoms with E-state index in [9.17, 15) is 25.2 Å². The molecule has 6 heteroatoms. The maximum Gasteiger partial charge on any atom is 0.249 e. The number of carbonyl (C=O) groups is 1. The lowest BCUT2D eigenvalue weighted by Crippen LogP contribution is -2.53. The largest absolute Gasteiger partial charge is 0.394 e. The van der Waals surface area contributed by atoms with Crippen LogP contribution in [-0.2, 0) is 4.79 Å². The molecule has 0 aliphatic rings. The molecule has 0 bridgehead atoms. The van der Waals surface area contributed by atoms with Gasteiger partial charge in [-0.2, -0.15) is 0 Å². The smallest absolute Gasteiger partial charge is 0.249 e. The maximum absolute atomic E-state index is 12.4. The van der Waals surface area contributed by atoms with Crippen molar-refractivity contribution >= 4 is 5.91 Å². The summed E-state index contributed by atoms with van der Waals surface area (Å²) < 4.78 is 0. The van der Waals surface area contributed by atoms with Crippen LogP contribution >= 0.6 is 0 Å². The van der Waals surface area contributed by atoms with Crippen molar-refractivity contribution in [2.45, 2.75) is 205 Å². The van der Waals surface area contributed by atoms with Crippen molar-refractivity contribution in [1.82, 2.24) is 5.32 Å². The van der Waals surface area contributed by atoms with Crippen LogP contribution in [0, 0.1) is 0 Å². The molecule has 0 aliphatic heterocycles. The van der Waals surface area contributed by atoms with Crippen LogP contribution in [0.25, 0.3) is 0 Å². The van der Waals surface area contributed by atoms with Crippen LogP contribution in [0.15, 0.2) is 0 Å². The topological polar surface area (TPSA) is 110 Å². The van der Waals surface area contributed by atoms with Gasteiger partial charge in [-0.15, -0.1) is 0 Å².